The first-order valence-corrected chi connectivity index (χ1v) is 11.7. The smallest absolute Gasteiger partial charge is 0.161 e. The van der Waals surface area contributed by atoms with Gasteiger partial charge in [0.05, 0.1) is 17.8 Å². The SMILES string of the molecule is COc1cc(CNc2ccc(N3CCCCC3)c(Cl)c2)ccc1OCc1ccccc1Cl. The summed E-state index contributed by atoms with van der Waals surface area (Å²) in [6, 6.07) is 19.8. The van der Waals surface area contributed by atoms with E-state index in [-0.39, 0.29) is 0 Å². The maximum Gasteiger partial charge on any atom is 0.161 e. The van der Waals surface area contributed by atoms with E-state index < -0.39 is 0 Å². The Morgan fingerprint density at radius 3 is 2.44 bits per heavy atom. The van der Waals surface area contributed by atoms with Gasteiger partial charge in [-0.1, -0.05) is 47.5 Å². The molecule has 32 heavy (non-hydrogen) atoms. The molecule has 1 N–H and O–H groups in total. The molecule has 0 aliphatic carbocycles. The summed E-state index contributed by atoms with van der Waals surface area (Å²) in [4.78, 5) is 2.38. The second-order valence-corrected chi connectivity index (χ2v) is 8.75. The highest BCUT2D eigenvalue weighted by molar-refractivity contribution is 6.33. The molecule has 0 bridgehead atoms. The fourth-order valence-electron chi connectivity index (χ4n) is 3.92. The number of piperidine rings is 1. The molecule has 0 radical (unpaired) electrons. The molecule has 3 aromatic carbocycles. The molecule has 0 spiro atoms. The number of nitrogens with one attached hydrogen (secondary N) is 1. The number of methoxy groups -OCH3 is 1. The number of hydrogen-bond acceptors (Lipinski definition) is 4. The summed E-state index contributed by atoms with van der Waals surface area (Å²) in [6.45, 7) is 3.20. The van der Waals surface area contributed by atoms with Crippen LogP contribution in [0.4, 0.5) is 11.4 Å². The summed E-state index contributed by atoms with van der Waals surface area (Å²) in [5.74, 6) is 1.37. The zero-order chi connectivity index (χ0) is 22.3. The molecule has 1 heterocycles. The van der Waals surface area contributed by atoms with Crippen molar-refractivity contribution in [2.75, 3.05) is 30.4 Å². The number of halogens is 2. The Bertz CT molecular complexity index is 1050. The van der Waals surface area contributed by atoms with E-state index in [9.17, 15) is 0 Å². The minimum atomic E-state index is 0.384. The van der Waals surface area contributed by atoms with E-state index in [4.69, 9.17) is 32.7 Å². The molecule has 3 aromatic rings. The number of ether oxygens (including phenoxy) is 2. The van der Waals surface area contributed by atoms with Gasteiger partial charge in [-0.05, 0) is 61.2 Å². The minimum absolute atomic E-state index is 0.384. The van der Waals surface area contributed by atoms with Gasteiger partial charge in [0, 0.05) is 35.9 Å². The van der Waals surface area contributed by atoms with Crippen LogP contribution < -0.4 is 19.7 Å². The second kappa shape index (κ2) is 10.8. The molecular weight excluding hydrogens is 443 g/mol. The lowest BCUT2D eigenvalue weighted by Gasteiger charge is -2.29. The predicted molar refractivity (Wildman–Crippen MR) is 134 cm³/mol. The normalized spacial score (nSPS) is 13.7. The zero-order valence-electron chi connectivity index (χ0n) is 18.2. The predicted octanol–water partition coefficient (Wildman–Crippen LogP) is 7.18. The molecule has 0 amide bonds. The van der Waals surface area contributed by atoms with Gasteiger partial charge in [0.2, 0.25) is 0 Å². The van der Waals surface area contributed by atoms with E-state index >= 15 is 0 Å². The summed E-state index contributed by atoms with van der Waals surface area (Å²) in [7, 11) is 1.65. The van der Waals surface area contributed by atoms with Gasteiger partial charge in [-0.15, -0.1) is 0 Å². The first kappa shape index (κ1) is 22.6. The Morgan fingerprint density at radius 2 is 1.69 bits per heavy atom. The first-order valence-electron chi connectivity index (χ1n) is 11.0. The van der Waals surface area contributed by atoms with Crippen molar-refractivity contribution in [2.45, 2.75) is 32.4 Å². The van der Waals surface area contributed by atoms with Crippen LogP contribution in [0.5, 0.6) is 11.5 Å². The lowest BCUT2D eigenvalue weighted by atomic mass is 10.1. The maximum absolute atomic E-state index is 6.58. The van der Waals surface area contributed by atoms with Crippen molar-refractivity contribution in [3.05, 3.63) is 81.8 Å². The number of nitrogens with zero attached hydrogens (tertiary/aromatic N) is 1. The molecule has 0 aromatic heterocycles. The molecule has 168 valence electrons. The van der Waals surface area contributed by atoms with E-state index in [1.807, 2.05) is 48.5 Å². The van der Waals surface area contributed by atoms with Crippen LogP contribution in [0.2, 0.25) is 10.0 Å². The molecule has 1 aliphatic rings. The number of hydrogen-bond donors (Lipinski definition) is 1. The lowest BCUT2D eigenvalue weighted by molar-refractivity contribution is 0.284. The van der Waals surface area contributed by atoms with Gasteiger partial charge in [-0.2, -0.15) is 0 Å². The summed E-state index contributed by atoms with van der Waals surface area (Å²) >= 11 is 12.8. The van der Waals surface area contributed by atoms with Gasteiger partial charge >= 0.3 is 0 Å². The van der Waals surface area contributed by atoms with Crippen LogP contribution >= 0.6 is 23.2 Å². The second-order valence-electron chi connectivity index (χ2n) is 7.93. The molecule has 6 heteroatoms. The topological polar surface area (TPSA) is 33.7 Å². The number of benzene rings is 3. The summed E-state index contributed by atoms with van der Waals surface area (Å²) in [6.07, 6.45) is 3.77. The third-order valence-electron chi connectivity index (χ3n) is 5.71. The molecular formula is C26H28Cl2N2O2. The molecule has 0 unspecified atom stereocenters. The van der Waals surface area contributed by atoms with Crippen LogP contribution in [0, 0.1) is 0 Å². The van der Waals surface area contributed by atoms with Gasteiger partial charge in [-0.25, -0.2) is 0 Å². The Hall–Kier alpha value is -2.56. The Kier molecular flexibility index (Phi) is 7.67. The maximum atomic E-state index is 6.58. The van der Waals surface area contributed by atoms with Crippen molar-refractivity contribution >= 4 is 34.6 Å². The first-order chi connectivity index (χ1) is 15.6. The molecule has 4 rings (SSSR count). The molecule has 1 aliphatic heterocycles. The van der Waals surface area contributed by atoms with Crippen molar-refractivity contribution in [2.24, 2.45) is 0 Å². The van der Waals surface area contributed by atoms with Gasteiger partial charge in [0.1, 0.15) is 6.61 Å². The fraction of sp³-hybridized carbons (Fsp3) is 0.308. The van der Waals surface area contributed by atoms with Crippen LogP contribution in [0.1, 0.15) is 30.4 Å². The Balaban J connectivity index is 1.38. The number of anilines is 2. The van der Waals surface area contributed by atoms with Crippen LogP contribution in [-0.4, -0.2) is 20.2 Å². The zero-order valence-corrected chi connectivity index (χ0v) is 19.8. The van der Waals surface area contributed by atoms with Crippen molar-refractivity contribution < 1.29 is 9.47 Å². The van der Waals surface area contributed by atoms with E-state index in [2.05, 4.69) is 22.3 Å². The Labute approximate surface area is 200 Å². The van der Waals surface area contributed by atoms with E-state index in [0.717, 1.165) is 40.6 Å². The van der Waals surface area contributed by atoms with Crippen molar-refractivity contribution in [1.82, 2.24) is 0 Å². The van der Waals surface area contributed by atoms with Crippen molar-refractivity contribution in [1.29, 1.82) is 0 Å². The molecule has 1 fully saturated rings. The van der Waals surface area contributed by atoms with E-state index in [1.165, 1.54) is 19.3 Å². The third-order valence-corrected chi connectivity index (χ3v) is 6.38. The van der Waals surface area contributed by atoms with Crippen LogP contribution in [0.15, 0.2) is 60.7 Å². The third kappa shape index (κ3) is 5.62. The standard InChI is InChI=1S/C26H28Cl2N2O2/c1-31-26-15-19(9-12-25(26)32-18-20-7-3-4-8-22(20)27)17-29-21-10-11-24(23(28)16-21)30-13-5-2-6-14-30/h3-4,7-12,15-16,29H,2,5-6,13-14,17-18H2,1H3. The highest BCUT2D eigenvalue weighted by Gasteiger charge is 2.14. The monoisotopic (exact) mass is 470 g/mol. The van der Waals surface area contributed by atoms with Gasteiger partial charge in [0.15, 0.2) is 11.5 Å². The highest BCUT2D eigenvalue weighted by Crippen LogP contribution is 2.32. The quantitative estimate of drug-likeness (QED) is 0.377. The van der Waals surface area contributed by atoms with Crippen molar-refractivity contribution in [3.63, 3.8) is 0 Å². The summed E-state index contributed by atoms with van der Waals surface area (Å²) in [5.41, 5.74) is 4.14. The van der Waals surface area contributed by atoms with Gasteiger partial charge < -0.3 is 19.7 Å². The Morgan fingerprint density at radius 1 is 0.875 bits per heavy atom. The highest BCUT2D eigenvalue weighted by atomic mass is 35.5. The largest absolute Gasteiger partial charge is 0.493 e. The van der Waals surface area contributed by atoms with Crippen molar-refractivity contribution in [3.8, 4) is 11.5 Å². The average Bonchev–Trinajstić information content (AvgIpc) is 2.83. The van der Waals surface area contributed by atoms with Gasteiger partial charge in [0.25, 0.3) is 0 Å². The van der Waals surface area contributed by atoms with Crippen LogP contribution in [0.25, 0.3) is 0 Å². The molecule has 1 saturated heterocycles. The summed E-state index contributed by atoms with van der Waals surface area (Å²) in [5, 5.41) is 4.93. The van der Waals surface area contributed by atoms with Crippen LogP contribution in [-0.2, 0) is 13.2 Å². The molecule has 0 saturated carbocycles. The average molecular weight is 471 g/mol. The molecule has 0 atom stereocenters. The fourth-order valence-corrected chi connectivity index (χ4v) is 4.41. The van der Waals surface area contributed by atoms with Crippen LogP contribution in [0.3, 0.4) is 0 Å². The minimum Gasteiger partial charge on any atom is -0.493 e. The van der Waals surface area contributed by atoms with E-state index in [1.54, 1.807) is 7.11 Å². The summed E-state index contributed by atoms with van der Waals surface area (Å²) < 4.78 is 11.5. The van der Waals surface area contributed by atoms with Gasteiger partial charge in [-0.3, -0.25) is 0 Å². The molecule has 4 nitrogen and oxygen atoms in total. The number of rotatable bonds is 8. The van der Waals surface area contributed by atoms with E-state index in [0.29, 0.717) is 29.7 Å². The lowest BCUT2D eigenvalue weighted by Crippen LogP contribution is -2.29.